The molecule has 3 heterocycles. The van der Waals surface area contributed by atoms with E-state index in [1.165, 1.54) is 4.31 Å². The average Bonchev–Trinajstić information content (AvgIpc) is 3.02. The van der Waals surface area contributed by atoms with Crippen molar-refractivity contribution in [3.8, 4) is 0 Å². The minimum atomic E-state index is -3.42. The molecule has 0 aliphatic carbocycles. The molecule has 0 radical (unpaired) electrons. The number of hydrogen-bond donors (Lipinski definition) is 1. The molecule has 0 aromatic carbocycles. The van der Waals surface area contributed by atoms with Crippen molar-refractivity contribution in [2.75, 3.05) is 45.6 Å². The number of fused-ring (bicyclic) bond motifs is 1. The zero-order chi connectivity index (χ0) is 16.8. The molecule has 3 rings (SSSR count). The third kappa shape index (κ3) is 2.85. The Balaban J connectivity index is 1.76. The lowest BCUT2D eigenvalue weighted by molar-refractivity contribution is -0.149. The van der Waals surface area contributed by atoms with Crippen molar-refractivity contribution >= 4 is 21.9 Å². The van der Waals surface area contributed by atoms with Crippen LogP contribution < -0.4 is 0 Å². The van der Waals surface area contributed by atoms with Gasteiger partial charge in [-0.15, -0.1) is 0 Å². The molecule has 0 unspecified atom stereocenters. The van der Waals surface area contributed by atoms with Gasteiger partial charge in [0.2, 0.25) is 15.9 Å². The van der Waals surface area contributed by atoms with Crippen molar-refractivity contribution in [1.29, 1.82) is 0 Å². The summed E-state index contributed by atoms with van der Waals surface area (Å²) in [6.45, 7) is 1.63. The quantitative estimate of drug-likeness (QED) is 0.719. The number of amides is 1. The van der Waals surface area contributed by atoms with E-state index in [2.05, 4.69) is 0 Å². The van der Waals surface area contributed by atoms with E-state index in [1.54, 1.807) is 4.90 Å². The van der Waals surface area contributed by atoms with Crippen LogP contribution in [-0.2, 0) is 24.3 Å². The molecule has 23 heavy (non-hydrogen) atoms. The number of aliphatic carboxylic acids is 1. The topological polar surface area (TPSA) is 104 Å². The van der Waals surface area contributed by atoms with Gasteiger partial charge in [-0.25, -0.2) is 12.7 Å². The van der Waals surface area contributed by atoms with Crippen LogP contribution in [-0.4, -0.2) is 80.3 Å². The number of ether oxygens (including phenoxy) is 1. The molecule has 3 fully saturated rings. The number of hydrogen-bond acceptors (Lipinski definition) is 5. The second kappa shape index (κ2) is 5.71. The number of carbonyl (C=O) groups excluding carboxylic acids is 1. The van der Waals surface area contributed by atoms with Crippen LogP contribution in [0.4, 0.5) is 0 Å². The summed E-state index contributed by atoms with van der Waals surface area (Å²) in [5, 5.41) is 9.69. The summed E-state index contributed by atoms with van der Waals surface area (Å²) >= 11 is 0. The molecular formula is C14H22N2O6S. The highest BCUT2D eigenvalue weighted by molar-refractivity contribution is 7.88. The molecule has 1 N–H and O–H groups in total. The van der Waals surface area contributed by atoms with Crippen LogP contribution in [0.1, 0.15) is 12.8 Å². The summed E-state index contributed by atoms with van der Waals surface area (Å²) in [7, 11) is -3.42. The molecule has 0 bridgehead atoms. The first kappa shape index (κ1) is 16.7. The molecule has 3 aliphatic heterocycles. The lowest BCUT2D eigenvalue weighted by Gasteiger charge is -2.28. The van der Waals surface area contributed by atoms with Gasteiger partial charge in [0.25, 0.3) is 0 Å². The number of rotatable bonds is 3. The molecule has 3 aliphatic rings. The Morgan fingerprint density at radius 3 is 2.35 bits per heavy atom. The first-order valence-electron chi connectivity index (χ1n) is 7.79. The zero-order valence-electron chi connectivity index (χ0n) is 13.1. The van der Waals surface area contributed by atoms with Crippen molar-refractivity contribution < 1.29 is 27.9 Å². The number of carboxylic acid groups (broad SMARTS) is 1. The summed E-state index contributed by atoms with van der Waals surface area (Å²) in [6, 6.07) is 0. The first-order chi connectivity index (χ1) is 10.7. The molecular weight excluding hydrogens is 324 g/mol. The monoisotopic (exact) mass is 346 g/mol. The van der Waals surface area contributed by atoms with Gasteiger partial charge < -0.3 is 14.7 Å². The minimum Gasteiger partial charge on any atom is -0.481 e. The Bertz CT molecular complexity index is 615. The maximum Gasteiger partial charge on any atom is 0.313 e. The van der Waals surface area contributed by atoms with E-state index in [0.29, 0.717) is 32.6 Å². The molecule has 130 valence electrons. The van der Waals surface area contributed by atoms with Crippen LogP contribution in [0.3, 0.4) is 0 Å². The van der Waals surface area contributed by atoms with Crippen LogP contribution in [0.25, 0.3) is 0 Å². The Morgan fingerprint density at radius 2 is 1.83 bits per heavy atom. The number of sulfonamides is 1. The van der Waals surface area contributed by atoms with Crippen LogP contribution in [0.5, 0.6) is 0 Å². The lowest BCUT2D eigenvalue weighted by Crippen LogP contribution is -2.44. The number of carboxylic acids is 1. The van der Waals surface area contributed by atoms with E-state index >= 15 is 0 Å². The zero-order valence-corrected chi connectivity index (χ0v) is 13.9. The molecule has 2 atom stereocenters. The third-order valence-corrected chi connectivity index (χ3v) is 6.57. The number of carbonyl (C=O) groups is 2. The predicted molar refractivity (Wildman–Crippen MR) is 80.1 cm³/mol. The molecule has 1 amide bonds. The van der Waals surface area contributed by atoms with Crippen molar-refractivity contribution in [3.05, 3.63) is 0 Å². The standard InChI is InChI=1S/C14H22N2O6S/c1-23(20,21)16-7-11-6-15(8-14(11,9-16)13(18)19)12(17)10-2-4-22-5-3-10/h10-11H,2-9H2,1H3,(H,18,19)/t11-,14-/m1/s1. The van der Waals surface area contributed by atoms with Crippen LogP contribution in [0.15, 0.2) is 0 Å². The molecule has 9 heteroatoms. The van der Waals surface area contributed by atoms with E-state index in [0.717, 1.165) is 6.26 Å². The fourth-order valence-corrected chi connectivity index (χ4v) is 4.86. The Labute approximate surface area is 135 Å². The highest BCUT2D eigenvalue weighted by Crippen LogP contribution is 2.44. The number of likely N-dealkylation sites (tertiary alicyclic amines) is 1. The average molecular weight is 346 g/mol. The Morgan fingerprint density at radius 1 is 1.17 bits per heavy atom. The summed E-state index contributed by atoms with van der Waals surface area (Å²) in [4.78, 5) is 26.1. The molecule has 3 saturated heterocycles. The van der Waals surface area contributed by atoms with Crippen molar-refractivity contribution in [1.82, 2.24) is 9.21 Å². The predicted octanol–water partition coefficient (Wildman–Crippen LogP) is -0.782. The van der Waals surface area contributed by atoms with E-state index in [1.807, 2.05) is 0 Å². The summed E-state index contributed by atoms with van der Waals surface area (Å²) in [5.41, 5.74) is -1.18. The molecule has 0 aromatic heterocycles. The fourth-order valence-electron chi connectivity index (χ4n) is 3.94. The number of nitrogens with zero attached hydrogens (tertiary/aromatic N) is 2. The van der Waals surface area contributed by atoms with E-state index < -0.39 is 21.4 Å². The molecule has 8 nitrogen and oxygen atoms in total. The summed E-state index contributed by atoms with van der Waals surface area (Å²) in [6.07, 6.45) is 2.42. The Hall–Kier alpha value is -1.19. The summed E-state index contributed by atoms with van der Waals surface area (Å²) < 4.78 is 29.9. The van der Waals surface area contributed by atoms with Gasteiger partial charge in [0.05, 0.1) is 6.26 Å². The van der Waals surface area contributed by atoms with Gasteiger partial charge in [0.1, 0.15) is 5.41 Å². The lowest BCUT2D eigenvalue weighted by atomic mass is 9.81. The maximum absolute atomic E-state index is 12.6. The van der Waals surface area contributed by atoms with Gasteiger partial charge >= 0.3 is 5.97 Å². The van der Waals surface area contributed by atoms with Crippen molar-refractivity contribution in [3.63, 3.8) is 0 Å². The van der Waals surface area contributed by atoms with Crippen LogP contribution in [0.2, 0.25) is 0 Å². The van der Waals surface area contributed by atoms with Crippen molar-refractivity contribution in [2.45, 2.75) is 12.8 Å². The second-order valence-corrected chi connectivity index (χ2v) is 8.80. The van der Waals surface area contributed by atoms with Gasteiger partial charge in [-0.2, -0.15) is 0 Å². The van der Waals surface area contributed by atoms with Crippen LogP contribution >= 0.6 is 0 Å². The van der Waals surface area contributed by atoms with Crippen molar-refractivity contribution in [2.24, 2.45) is 17.3 Å². The van der Waals surface area contributed by atoms with Crippen LogP contribution in [0, 0.1) is 17.3 Å². The fraction of sp³-hybridized carbons (Fsp3) is 0.857. The molecule has 0 aromatic rings. The first-order valence-corrected chi connectivity index (χ1v) is 9.64. The minimum absolute atomic E-state index is 0.0192. The highest BCUT2D eigenvalue weighted by atomic mass is 32.2. The van der Waals surface area contributed by atoms with E-state index in [-0.39, 0.29) is 37.4 Å². The van der Waals surface area contributed by atoms with Gasteiger partial charge in [-0.05, 0) is 12.8 Å². The largest absolute Gasteiger partial charge is 0.481 e. The van der Waals surface area contributed by atoms with E-state index in [9.17, 15) is 23.1 Å². The smallest absolute Gasteiger partial charge is 0.313 e. The summed E-state index contributed by atoms with van der Waals surface area (Å²) in [5.74, 6) is -1.50. The van der Waals surface area contributed by atoms with Gasteiger partial charge in [-0.3, -0.25) is 9.59 Å². The third-order valence-electron chi connectivity index (χ3n) is 5.35. The van der Waals surface area contributed by atoms with Gasteiger partial charge in [-0.1, -0.05) is 0 Å². The SMILES string of the molecule is CS(=O)(=O)N1C[C@H]2CN(C(=O)C3CCOCC3)C[C@@]2(C(=O)O)C1. The normalized spacial score (nSPS) is 32.9. The second-order valence-electron chi connectivity index (χ2n) is 6.82. The maximum atomic E-state index is 12.6. The van der Waals surface area contributed by atoms with Gasteiger partial charge in [0.15, 0.2) is 0 Å². The van der Waals surface area contributed by atoms with E-state index in [4.69, 9.17) is 4.74 Å². The highest BCUT2D eigenvalue weighted by Gasteiger charge is 2.60. The van der Waals surface area contributed by atoms with Gasteiger partial charge in [0, 0.05) is 51.2 Å². The molecule has 0 spiro atoms. The Kier molecular flexibility index (Phi) is 4.14. The molecule has 0 saturated carbocycles.